The highest BCUT2D eigenvalue weighted by Crippen LogP contribution is 2.15. The van der Waals surface area contributed by atoms with Crippen molar-refractivity contribution in [2.75, 3.05) is 0 Å². The average molecular weight is 323 g/mol. The highest BCUT2D eigenvalue weighted by atomic mass is 79.9. The third-order valence-corrected chi connectivity index (χ3v) is 4.33. The summed E-state index contributed by atoms with van der Waals surface area (Å²) in [6.07, 6.45) is 1.59. The SMILES string of the molecule is O=S(=O)(C=Cc1ccc(Br)cc1)c1ccccc1. The van der Waals surface area contributed by atoms with E-state index in [0.29, 0.717) is 4.90 Å². The monoisotopic (exact) mass is 322 g/mol. The molecule has 0 heterocycles. The number of halogens is 1. The van der Waals surface area contributed by atoms with Gasteiger partial charge in [-0.3, -0.25) is 0 Å². The fraction of sp³-hybridized carbons (Fsp3) is 0. The zero-order valence-corrected chi connectivity index (χ0v) is 11.9. The van der Waals surface area contributed by atoms with E-state index in [9.17, 15) is 8.42 Å². The van der Waals surface area contributed by atoms with Gasteiger partial charge in [-0.15, -0.1) is 0 Å². The van der Waals surface area contributed by atoms with Crippen LogP contribution >= 0.6 is 15.9 Å². The zero-order valence-electron chi connectivity index (χ0n) is 9.45. The second-order valence-corrected chi connectivity index (χ2v) is 6.46. The Bertz CT molecular complexity index is 644. The van der Waals surface area contributed by atoms with Crippen molar-refractivity contribution in [3.05, 3.63) is 70.0 Å². The van der Waals surface area contributed by atoms with Crippen molar-refractivity contribution in [2.24, 2.45) is 0 Å². The standard InChI is InChI=1S/C14H11BrO2S/c15-13-8-6-12(7-9-13)10-11-18(16,17)14-4-2-1-3-5-14/h1-11H. The average Bonchev–Trinajstić information content (AvgIpc) is 2.39. The van der Waals surface area contributed by atoms with Crippen LogP contribution < -0.4 is 0 Å². The van der Waals surface area contributed by atoms with Gasteiger partial charge < -0.3 is 0 Å². The van der Waals surface area contributed by atoms with Crippen molar-refractivity contribution >= 4 is 31.8 Å². The molecule has 4 heteroatoms. The highest BCUT2D eigenvalue weighted by Gasteiger charge is 2.08. The summed E-state index contributed by atoms with van der Waals surface area (Å²) < 4.78 is 24.9. The quantitative estimate of drug-likeness (QED) is 0.859. The van der Waals surface area contributed by atoms with E-state index in [-0.39, 0.29) is 0 Å². The van der Waals surface area contributed by atoms with Crippen molar-refractivity contribution < 1.29 is 8.42 Å². The fourth-order valence-corrected chi connectivity index (χ4v) is 2.73. The number of benzene rings is 2. The summed E-state index contributed by atoms with van der Waals surface area (Å²) in [4.78, 5) is 0.304. The van der Waals surface area contributed by atoms with Gasteiger partial charge >= 0.3 is 0 Å². The van der Waals surface area contributed by atoms with Gasteiger partial charge in [0.05, 0.1) is 4.90 Å². The van der Waals surface area contributed by atoms with E-state index in [2.05, 4.69) is 15.9 Å². The Kier molecular flexibility index (Phi) is 3.99. The van der Waals surface area contributed by atoms with Crippen LogP contribution in [0.4, 0.5) is 0 Å². The van der Waals surface area contributed by atoms with Crippen molar-refractivity contribution in [3.63, 3.8) is 0 Å². The Hall–Kier alpha value is -1.39. The van der Waals surface area contributed by atoms with Gasteiger partial charge in [0, 0.05) is 9.88 Å². The summed E-state index contributed by atoms with van der Waals surface area (Å²) in [6.45, 7) is 0. The molecular formula is C14H11BrO2S. The van der Waals surface area contributed by atoms with E-state index < -0.39 is 9.84 Å². The lowest BCUT2D eigenvalue weighted by molar-refractivity contribution is 0.605. The Balaban J connectivity index is 2.26. The van der Waals surface area contributed by atoms with Gasteiger partial charge in [-0.2, -0.15) is 0 Å². The third-order valence-electron chi connectivity index (χ3n) is 2.38. The molecule has 0 aromatic heterocycles. The molecule has 2 nitrogen and oxygen atoms in total. The Morgan fingerprint density at radius 2 is 1.50 bits per heavy atom. The van der Waals surface area contributed by atoms with E-state index in [4.69, 9.17) is 0 Å². The maximum atomic E-state index is 12.0. The second kappa shape index (κ2) is 5.50. The van der Waals surface area contributed by atoms with Crippen LogP contribution in [0.3, 0.4) is 0 Å². The van der Waals surface area contributed by atoms with Crippen LogP contribution in [0, 0.1) is 0 Å². The van der Waals surface area contributed by atoms with Crippen LogP contribution in [-0.4, -0.2) is 8.42 Å². The van der Waals surface area contributed by atoms with Gasteiger partial charge in [-0.25, -0.2) is 8.42 Å². The summed E-state index contributed by atoms with van der Waals surface area (Å²) in [5.41, 5.74) is 0.845. The molecule has 2 aromatic carbocycles. The van der Waals surface area contributed by atoms with E-state index in [1.807, 2.05) is 24.3 Å². The summed E-state index contributed by atoms with van der Waals surface area (Å²) in [5, 5.41) is 1.23. The molecule has 2 aromatic rings. The molecule has 0 aliphatic heterocycles. The van der Waals surface area contributed by atoms with Gasteiger partial charge in [0.15, 0.2) is 9.84 Å². The first-order chi connectivity index (χ1) is 8.58. The predicted molar refractivity (Wildman–Crippen MR) is 76.8 cm³/mol. The molecule has 0 radical (unpaired) electrons. The Labute approximate surface area is 115 Å². The molecule has 0 saturated carbocycles. The smallest absolute Gasteiger partial charge is 0.199 e. The normalized spacial score (nSPS) is 11.8. The van der Waals surface area contributed by atoms with Crippen molar-refractivity contribution in [2.45, 2.75) is 4.90 Å². The predicted octanol–water partition coefficient (Wildman–Crippen LogP) is 3.89. The third kappa shape index (κ3) is 3.31. The largest absolute Gasteiger partial charge is 0.219 e. The number of hydrogen-bond acceptors (Lipinski definition) is 2. The van der Waals surface area contributed by atoms with Crippen LogP contribution in [0.15, 0.2) is 69.4 Å². The van der Waals surface area contributed by atoms with E-state index >= 15 is 0 Å². The molecule has 0 amide bonds. The minimum absolute atomic E-state index is 0.304. The van der Waals surface area contributed by atoms with Crippen LogP contribution in [-0.2, 0) is 9.84 Å². The Morgan fingerprint density at radius 1 is 0.889 bits per heavy atom. The topological polar surface area (TPSA) is 34.1 Å². The van der Waals surface area contributed by atoms with Gasteiger partial charge in [0.25, 0.3) is 0 Å². The van der Waals surface area contributed by atoms with Gasteiger partial charge in [-0.05, 0) is 35.9 Å². The lowest BCUT2D eigenvalue weighted by Crippen LogP contribution is -1.95. The molecule has 0 saturated heterocycles. The van der Waals surface area contributed by atoms with Crippen LogP contribution in [0.2, 0.25) is 0 Å². The highest BCUT2D eigenvalue weighted by molar-refractivity contribution is 9.10. The molecule has 0 atom stereocenters. The molecule has 92 valence electrons. The molecule has 0 bridgehead atoms. The Morgan fingerprint density at radius 3 is 2.11 bits per heavy atom. The van der Waals surface area contributed by atoms with Crippen LogP contribution in [0.1, 0.15) is 5.56 Å². The first-order valence-electron chi connectivity index (χ1n) is 5.32. The van der Waals surface area contributed by atoms with Crippen molar-refractivity contribution in [1.29, 1.82) is 0 Å². The molecule has 2 rings (SSSR count). The number of rotatable bonds is 3. The molecule has 0 spiro atoms. The van der Waals surface area contributed by atoms with Crippen molar-refractivity contribution in [1.82, 2.24) is 0 Å². The maximum Gasteiger partial charge on any atom is 0.199 e. The van der Waals surface area contributed by atoms with Gasteiger partial charge in [0.1, 0.15) is 0 Å². The second-order valence-electron chi connectivity index (χ2n) is 3.71. The minimum Gasteiger partial charge on any atom is -0.219 e. The maximum absolute atomic E-state index is 12.0. The molecule has 0 N–H and O–H groups in total. The van der Waals surface area contributed by atoms with E-state index in [1.165, 1.54) is 5.41 Å². The molecule has 0 unspecified atom stereocenters. The molecule has 0 aliphatic rings. The fourth-order valence-electron chi connectivity index (χ4n) is 1.43. The number of sulfone groups is 1. The van der Waals surface area contributed by atoms with Gasteiger partial charge in [0.2, 0.25) is 0 Å². The molecule has 18 heavy (non-hydrogen) atoms. The molecule has 0 aliphatic carbocycles. The first-order valence-corrected chi connectivity index (χ1v) is 7.66. The summed E-state index contributed by atoms with van der Waals surface area (Å²) in [5.74, 6) is 0. The lowest BCUT2D eigenvalue weighted by atomic mass is 10.2. The summed E-state index contributed by atoms with van der Waals surface area (Å²) in [6, 6.07) is 15.8. The van der Waals surface area contributed by atoms with Crippen LogP contribution in [0.5, 0.6) is 0 Å². The van der Waals surface area contributed by atoms with Crippen molar-refractivity contribution in [3.8, 4) is 0 Å². The van der Waals surface area contributed by atoms with E-state index in [1.54, 1.807) is 36.4 Å². The summed E-state index contributed by atoms with van der Waals surface area (Å²) in [7, 11) is -3.36. The summed E-state index contributed by atoms with van der Waals surface area (Å²) >= 11 is 3.33. The molecular weight excluding hydrogens is 312 g/mol. The zero-order chi connectivity index (χ0) is 13.0. The lowest BCUT2D eigenvalue weighted by Gasteiger charge is -1.98. The first kappa shape index (κ1) is 13.1. The molecule has 0 fully saturated rings. The van der Waals surface area contributed by atoms with Crippen LogP contribution in [0.25, 0.3) is 6.08 Å². The minimum atomic E-state index is -3.36. The van der Waals surface area contributed by atoms with E-state index in [0.717, 1.165) is 10.0 Å². The number of hydrogen-bond donors (Lipinski definition) is 0. The van der Waals surface area contributed by atoms with Gasteiger partial charge in [-0.1, -0.05) is 46.3 Å².